The molecule has 0 saturated heterocycles. The minimum Gasteiger partial charge on any atom is -0.446 e. The van der Waals surface area contributed by atoms with Gasteiger partial charge in [-0.2, -0.15) is 18.3 Å². The molecular formula is C21H26F3N5O3. The molecule has 1 aliphatic carbocycles. The molecule has 2 aromatic rings. The Hall–Kier alpha value is -3.11. The van der Waals surface area contributed by atoms with Crippen LogP contribution in [0, 0.1) is 0 Å². The lowest BCUT2D eigenvalue weighted by Gasteiger charge is -2.22. The van der Waals surface area contributed by atoms with E-state index < -0.39 is 23.7 Å². The van der Waals surface area contributed by atoms with Gasteiger partial charge in [0, 0.05) is 29.4 Å². The van der Waals surface area contributed by atoms with E-state index in [2.05, 4.69) is 25.8 Å². The Labute approximate surface area is 183 Å². The van der Waals surface area contributed by atoms with Crippen LogP contribution >= 0.6 is 0 Å². The van der Waals surface area contributed by atoms with Gasteiger partial charge in [-0.3, -0.25) is 14.9 Å². The molecule has 0 spiro atoms. The number of alkyl carbamates (subject to hydrolysis) is 1. The van der Waals surface area contributed by atoms with Gasteiger partial charge in [-0.15, -0.1) is 0 Å². The number of aromatic nitrogens is 3. The number of alkyl halides is 3. The number of rotatable bonds is 5. The number of anilines is 1. The maximum absolute atomic E-state index is 12.8. The first kappa shape index (κ1) is 23.6. The number of hydrogen-bond acceptors (Lipinski definition) is 5. The molecule has 8 nitrogen and oxygen atoms in total. The number of carbonyl (C=O) groups excluding carboxylic acids is 2. The highest BCUT2D eigenvalue weighted by atomic mass is 19.4. The van der Waals surface area contributed by atoms with Gasteiger partial charge in [-0.1, -0.05) is 0 Å². The molecule has 1 fully saturated rings. The van der Waals surface area contributed by atoms with E-state index in [1.165, 1.54) is 0 Å². The third kappa shape index (κ3) is 6.69. The summed E-state index contributed by atoms with van der Waals surface area (Å²) in [6.45, 7) is 5.61. The second-order valence-electron chi connectivity index (χ2n) is 8.88. The first-order chi connectivity index (χ1) is 14.9. The summed E-state index contributed by atoms with van der Waals surface area (Å²) in [6.07, 6.45) is -2.32. The smallest absolute Gasteiger partial charge is 0.416 e. The van der Waals surface area contributed by atoms with E-state index in [0.29, 0.717) is 12.8 Å². The minimum atomic E-state index is -4.50. The van der Waals surface area contributed by atoms with Crippen molar-refractivity contribution in [2.24, 2.45) is 0 Å². The zero-order valence-corrected chi connectivity index (χ0v) is 18.0. The third-order valence-corrected chi connectivity index (χ3v) is 4.93. The van der Waals surface area contributed by atoms with Crippen LogP contribution in [-0.4, -0.2) is 38.8 Å². The van der Waals surface area contributed by atoms with Gasteiger partial charge in [0.25, 0.3) is 0 Å². The van der Waals surface area contributed by atoms with Gasteiger partial charge >= 0.3 is 12.3 Å². The van der Waals surface area contributed by atoms with Crippen LogP contribution in [0.2, 0.25) is 0 Å². The van der Waals surface area contributed by atoms with E-state index in [0.717, 1.165) is 30.4 Å². The fourth-order valence-electron chi connectivity index (χ4n) is 3.53. The van der Waals surface area contributed by atoms with Crippen molar-refractivity contribution in [3.8, 4) is 0 Å². The average Bonchev–Trinajstić information content (AvgIpc) is 3.29. The number of amides is 2. The Morgan fingerprint density at radius 3 is 2.66 bits per heavy atom. The summed E-state index contributed by atoms with van der Waals surface area (Å²) in [6, 6.07) is 3.39. The van der Waals surface area contributed by atoms with Crippen molar-refractivity contribution in [3.63, 3.8) is 0 Å². The van der Waals surface area contributed by atoms with E-state index in [9.17, 15) is 22.8 Å². The maximum Gasteiger partial charge on any atom is 0.416 e. The highest BCUT2D eigenvalue weighted by molar-refractivity contribution is 5.91. The molecule has 0 radical (unpaired) electrons. The Bertz CT molecular complexity index is 968. The zero-order chi connectivity index (χ0) is 23.5. The lowest BCUT2D eigenvalue weighted by molar-refractivity contribution is -0.137. The molecule has 3 rings (SSSR count). The van der Waals surface area contributed by atoms with Crippen LogP contribution in [0.25, 0.3) is 0 Å². The Morgan fingerprint density at radius 1 is 1.22 bits per heavy atom. The fraction of sp³-hybridized carbons (Fsp3) is 0.524. The maximum atomic E-state index is 12.8. The lowest BCUT2D eigenvalue weighted by Crippen LogP contribution is -2.42. The van der Waals surface area contributed by atoms with Crippen LogP contribution in [-0.2, 0) is 22.1 Å². The summed E-state index contributed by atoms with van der Waals surface area (Å²) in [4.78, 5) is 28.0. The van der Waals surface area contributed by atoms with Crippen molar-refractivity contribution >= 4 is 17.8 Å². The number of carbonyl (C=O) groups is 2. The molecule has 0 aromatic carbocycles. The number of H-pyrrole nitrogens is 1. The average molecular weight is 453 g/mol. The van der Waals surface area contributed by atoms with Gasteiger partial charge in [0.2, 0.25) is 5.91 Å². The monoisotopic (exact) mass is 453 g/mol. The quantitative estimate of drug-likeness (QED) is 0.630. The zero-order valence-electron chi connectivity index (χ0n) is 18.0. The number of hydrogen-bond donors (Lipinski definition) is 3. The van der Waals surface area contributed by atoms with Gasteiger partial charge in [-0.25, -0.2) is 4.79 Å². The minimum absolute atomic E-state index is 0.0115. The van der Waals surface area contributed by atoms with Crippen molar-refractivity contribution in [3.05, 3.63) is 41.3 Å². The highest BCUT2D eigenvalue weighted by Gasteiger charge is 2.32. The van der Waals surface area contributed by atoms with Gasteiger partial charge in [-0.05, 0) is 52.2 Å². The van der Waals surface area contributed by atoms with E-state index in [-0.39, 0.29) is 35.5 Å². The molecule has 2 amide bonds. The number of pyridine rings is 1. The molecule has 32 heavy (non-hydrogen) atoms. The number of halogens is 3. The van der Waals surface area contributed by atoms with Crippen molar-refractivity contribution in [1.82, 2.24) is 20.5 Å². The highest BCUT2D eigenvalue weighted by Crippen LogP contribution is 2.36. The van der Waals surface area contributed by atoms with Crippen LogP contribution in [0.1, 0.15) is 62.9 Å². The van der Waals surface area contributed by atoms with Crippen molar-refractivity contribution in [1.29, 1.82) is 0 Å². The SMILES string of the molecule is CC(C)(C)NC(=O)O[C@@H]1CC[C@H](c2cc(NC(=O)Cc3cc(C(F)(F)F)ccn3)n[nH]2)C1. The third-order valence-electron chi connectivity index (χ3n) is 4.93. The topological polar surface area (TPSA) is 109 Å². The molecule has 3 N–H and O–H groups in total. The molecule has 2 heterocycles. The van der Waals surface area contributed by atoms with Crippen molar-refractivity contribution < 1.29 is 27.5 Å². The number of aromatic amines is 1. The number of ether oxygens (including phenoxy) is 1. The molecule has 0 bridgehead atoms. The normalized spacial score (nSPS) is 18.9. The van der Waals surface area contributed by atoms with Crippen LogP contribution in [0.15, 0.2) is 24.4 Å². The first-order valence-corrected chi connectivity index (χ1v) is 10.2. The summed E-state index contributed by atoms with van der Waals surface area (Å²) in [7, 11) is 0. The van der Waals surface area contributed by atoms with E-state index in [4.69, 9.17) is 4.74 Å². The predicted octanol–water partition coefficient (Wildman–Crippen LogP) is 4.17. The summed E-state index contributed by atoms with van der Waals surface area (Å²) < 4.78 is 43.9. The number of nitrogens with zero attached hydrogens (tertiary/aromatic N) is 2. The van der Waals surface area contributed by atoms with E-state index in [1.54, 1.807) is 6.07 Å². The van der Waals surface area contributed by atoms with Crippen LogP contribution in [0.4, 0.5) is 23.8 Å². The van der Waals surface area contributed by atoms with Crippen molar-refractivity contribution in [2.75, 3.05) is 5.32 Å². The summed E-state index contributed by atoms with van der Waals surface area (Å²) in [5, 5.41) is 12.3. The van der Waals surface area contributed by atoms with E-state index in [1.807, 2.05) is 20.8 Å². The second kappa shape index (κ2) is 9.17. The lowest BCUT2D eigenvalue weighted by atomic mass is 10.0. The molecule has 2 aromatic heterocycles. The van der Waals surface area contributed by atoms with Gasteiger partial charge < -0.3 is 15.4 Å². The van der Waals surface area contributed by atoms with E-state index >= 15 is 0 Å². The van der Waals surface area contributed by atoms with Crippen LogP contribution < -0.4 is 10.6 Å². The molecule has 1 aliphatic rings. The Morgan fingerprint density at radius 2 is 1.97 bits per heavy atom. The standard InChI is InChI=1S/C21H26F3N5O3/c1-20(2,3)27-19(31)32-15-5-4-12(8-15)16-11-17(29-28-16)26-18(30)10-14-9-13(6-7-25-14)21(22,23)24/h6-7,9,11-12,15H,4-5,8,10H2,1-3H3,(H,27,31)(H2,26,28,29,30)/t12-,15+/m0/s1. The Balaban J connectivity index is 1.52. The van der Waals surface area contributed by atoms with Gasteiger partial charge in [0.15, 0.2) is 5.82 Å². The Kier molecular flexibility index (Phi) is 6.75. The molecule has 0 unspecified atom stereocenters. The first-order valence-electron chi connectivity index (χ1n) is 10.2. The van der Waals surface area contributed by atoms with Gasteiger partial charge in [0.1, 0.15) is 6.10 Å². The van der Waals surface area contributed by atoms with Gasteiger partial charge in [0.05, 0.1) is 17.7 Å². The van der Waals surface area contributed by atoms with Crippen LogP contribution in [0.3, 0.4) is 0 Å². The fourth-order valence-corrected chi connectivity index (χ4v) is 3.53. The molecule has 0 aliphatic heterocycles. The molecule has 11 heteroatoms. The summed E-state index contributed by atoms with van der Waals surface area (Å²) >= 11 is 0. The molecule has 174 valence electrons. The molecule has 1 saturated carbocycles. The van der Waals surface area contributed by atoms with Crippen LogP contribution in [0.5, 0.6) is 0 Å². The number of nitrogens with one attached hydrogen (secondary N) is 3. The molecular weight excluding hydrogens is 427 g/mol. The summed E-state index contributed by atoms with van der Waals surface area (Å²) in [5.41, 5.74) is -0.432. The van der Waals surface area contributed by atoms with Crippen molar-refractivity contribution in [2.45, 2.75) is 70.2 Å². The predicted molar refractivity (Wildman–Crippen MR) is 110 cm³/mol. The second-order valence-corrected chi connectivity index (χ2v) is 8.88. The summed E-state index contributed by atoms with van der Waals surface area (Å²) in [5.74, 6) is -0.168. The molecule has 2 atom stereocenters. The largest absolute Gasteiger partial charge is 0.446 e.